The van der Waals surface area contributed by atoms with Gasteiger partial charge in [-0.05, 0) is 79.6 Å². The van der Waals surface area contributed by atoms with E-state index in [9.17, 15) is 24.2 Å². The average molecular weight is 539 g/mol. The number of aryl methyl sites for hydroxylation is 2. The van der Waals surface area contributed by atoms with Crippen molar-refractivity contribution >= 4 is 11.9 Å². The SMILES string of the molecule is C=CNC(C(=O)N[C@@H](CC(=O)OCC)c1cc(-c2c(C)cccc2O)cc(C)c1F)c1cc(CO)ccc1F. The van der Waals surface area contributed by atoms with Crippen molar-refractivity contribution in [2.75, 3.05) is 6.61 Å². The van der Waals surface area contributed by atoms with Crippen molar-refractivity contribution < 1.29 is 33.3 Å². The van der Waals surface area contributed by atoms with E-state index in [1.54, 1.807) is 39.0 Å². The zero-order chi connectivity index (χ0) is 28.7. The Kier molecular flexibility index (Phi) is 9.78. The number of phenolic OH excluding ortho intramolecular Hbond substituents is 1. The van der Waals surface area contributed by atoms with Crippen LogP contribution in [0.1, 0.15) is 53.2 Å². The van der Waals surface area contributed by atoms with Crippen molar-refractivity contribution in [2.45, 2.75) is 45.9 Å². The first-order valence-corrected chi connectivity index (χ1v) is 12.4. The van der Waals surface area contributed by atoms with Gasteiger partial charge in [-0.3, -0.25) is 9.59 Å². The molecule has 4 N–H and O–H groups in total. The number of aromatic hydroxyl groups is 1. The van der Waals surface area contributed by atoms with Gasteiger partial charge in [-0.15, -0.1) is 0 Å². The number of rotatable bonds is 11. The van der Waals surface area contributed by atoms with E-state index < -0.39 is 42.0 Å². The molecule has 9 heteroatoms. The molecule has 1 unspecified atom stereocenters. The van der Waals surface area contributed by atoms with Gasteiger partial charge >= 0.3 is 5.97 Å². The minimum Gasteiger partial charge on any atom is -0.507 e. The Morgan fingerprint density at radius 1 is 1.08 bits per heavy atom. The zero-order valence-corrected chi connectivity index (χ0v) is 22.1. The van der Waals surface area contributed by atoms with Gasteiger partial charge in [-0.1, -0.05) is 24.8 Å². The van der Waals surface area contributed by atoms with E-state index in [1.165, 1.54) is 30.5 Å². The molecule has 0 bridgehead atoms. The van der Waals surface area contributed by atoms with Crippen molar-refractivity contribution in [3.05, 3.63) is 101 Å². The molecule has 3 aromatic rings. The third-order valence-corrected chi connectivity index (χ3v) is 6.29. The van der Waals surface area contributed by atoms with Gasteiger partial charge in [0.2, 0.25) is 5.91 Å². The van der Waals surface area contributed by atoms with Crippen molar-refractivity contribution in [3.63, 3.8) is 0 Å². The molecule has 0 fully saturated rings. The van der Waals surface area contributed by atoms with Crippen molar-refractivity contribution in [3.8, 4) is 16.9 Å². The topological polar surface area (TPSA) is 108 Å². The summed E-state index contributed by atoms with van der Waals surface area (Å²) in [6.45, 7) is 8.23. The number of esters is 1. The van der Waals surface area contributed by atoms with E-state index >= 15 is 4.39 Å². The molecule has 7 nitrogen and oxygen atoms in total. The van der Waals surface area contributed by atoms with Crippen LogP contribution in [-0.2, 0) is 20.9 Å². The van der Waals surface area contributed by atoms with E-state index in [-0.39, 0.29) is 35.7 Å². The Morgan fingerprint density at radius 3 is 2.46 bits per heavy atom. The molecule has 1 amide bonds. The van der Waals surface area contributed by atoms with Crippen LogP contribution in [0.5, 0.6) is 5.75 Å². The number of carbonyl (C=O) groups is 2. The van der Waals surface area contributed by atoms with Crippen LogP contribution in [0.2, 0.25) is 0 Å². The molecule has 0 aliphatic carbocycles. The van der Waals surface area contributed by atoms with Gasteiger partial charge in [0, 0.05) is 16.7 Å². The van der Waals surface area contributed by atoms with Crippen LogP contribution >= 0.6 is 0 Å². The Hall–Kier alpha value is -4.24. The van der Waals surface area contributed by atoms with Crippen LogP contribution in [0.15, 0.2) is 61.3 Å². The average Bonchev–Trinajstić information content (AvgIpc) is 2.89. The normalized spacial score (nSPS) is 12.4. The molecule has 0 spiro atoms. The van der Waals surface area contributed by atoms with Gasteiger partial charge in [0.25, 0.3) is 0 Å². The predicted octanol–water partition coefficient (Wildman–Crippen LogP) is 5.03. The molecule has 0 radical (unpaired) electrons. The predicted molar refractivity (Wildman–Crippen MR) is 144 cm³/mol. The van der Waals surface area contributed by atoms with Gasteiger partial charge in [0.15, 0.2) is 0 Å². The highest BCUT2D eigenvalue weighted by molar-refractivity contribution is 5.85. The van der Waals surface area contributed by atoms with E-state index in [1.807, 2.05) is 0 Å². The number of carbonyl (C=O) groups excluding carboxylic acids is 2. The van der Waals surface area contributed by atoms with Gasteiger partial charge in [-0.2, -0.15) is 0 Å². The van der Waals surface area contributed by atoms with Crippen LogP contribution in [-0.4, -0.2) is 28.7 Å². The molecule has 2 atom stereocenters. The lowest BCUT2D eigenvalue weighted by molar-refractivity contribution is -0.143. The molecule has 3 rings (SSSR count). The van der Waals surface area contributed by atoms with Crippen LogP contribution in [0.25, 0.3) is 11.1 Å². The number of ether oxygens (including phenoxy) is 1. The Labute approximate surface area is 226 Å². The summed E-state index contributed by atoms with van der Waals surface area (Å²) >= 11 is 0. The summed E-state index contributed by atoms with van der Waals surface area (Å²) in [5.41, 5.74) is 2.26. The lowest BCUT2D eigenvalue weighted by Crippen LogP contribution is -2.39. The molecule has 3 aromatic carbocycles. The number of phenols is 1. The molecule has 0 saturated carbocycles. The maximum Gasteiger partial charge on any atom is 0.308 e. The fourth-order valence-electron chi connectivity index (χ4n) is 4.44. The number of hydrogen-bond donors (Lipinski definition) is 4. The fraction of sp³-hybridized carbons (Fsp3) is 0.267. The largest absolute Gasteiger partial charge is 0.507 e. The van der Waals surface area contributed by atoms with Gasteiger partial charge in [0.1, 0.15) is 23.4 Å². The highest BCUT2D eigenvalue weighted by atomic mass is 19.1. The minimum atomic E-state index is -1.30. The first-order chi connectivity index (χ1) is 18.6. The Morgan fingerprint density at radius 2 is 1.82 bits per heavy atom. The summed E-state index contributed by atoms with van der Waals surface area (Å²) in [6.07, 6.45) is 0.807. The lowest BCUT2D eigenvalue weighted by atomic mass is 9.92. The van der Waals surface area contributed by atoms with Gasteiger partial charge < -0.3 is 25.6 Å². The van der Waals surface area contributed by atoms with E-state index in [2.05, 4.69) is 17.2 Å². The number of aliphatic hydroxyl groups excluding tert-OH is 1. The van der Waals surface area contributed by atoms with Crippen molar-refractivity contribution in [1.82, 2.24) is 10.6 Å². The van der Waals surface area contributed by atoms with Crippen LogP contribution in [0.3, 0.4) is 0 Å². The molecule has 0 aliphatic heterocycles. The second kappa shape index (κ2) is 13.0. The molecule has 206 valence electrons. The van der Waals surface area contributed by atoms with Crippen molar-refractivity contribution in [1.29, 1.82) is 0 Å². The van der Waals surface area contributed by atoms with E-state index in [0.29, 0.717) is 16.7 Å². The molecule has 0 heterocycles. The van der Waals surface area contributed by atoms with E-state index in [4.69, 9.17) is 4.74 Å². The second-order valence-corrected chi connectivity index (χ2v) is 9.05. The summed E-state index contributed by atoms with van der Waals surface area (Å²) in [6, 6.07) is 9.39. The number of hydrogen-bond acceptors (Lipinski definition) is 6. The fourth-order valence-corrected chi connectivity index (χ4v) is 4.44. The summed E-state index contributed by atoms with van der Waals surface area (Å²) < 4.78 is 35.4. The minimum absolute atomic E-state index is 0.00371. The first kappa shape index (κ1) is 29.3. The third-order valence-electron chi connectivity index (χ3n) is 6.29. The summed E-state index contributed by atoms with van der Waals surface area (Å²) in [5.74, 6) is -2.80. The summed E-state index contributed by atoms with van der Waals surface area (Å²) in [5, 5.41) is 25.4. The molecular weight excluding hydrogens is 506 g/mol. The number of amides is 1. The Balaban J connectivity index is 2.10. The summed E-state index contributed by atoms with van der Waals surface area (Å²) in [4.78, 5) is 26.0. The molecule has 39 heavy (non-hydrogen) atoms. The Bertz CT molecular complexity index is 1360. The third kappa shape index (κ3) is 6.80. The standard InChI is InChI=1S/C30H32F2N2O5/c1-5-33-29(21-13-19(16-35)10-11-23(21)31)30(38)34-24(15-26(37)39-6-2)22-14-20(12-18(4)28(22)32)27-17(3)8-7-9-25(27)36/h5,7-14,24,29,33,35-36H,1,6,15-16H2,2-4H3,(H,34,38)/t24-,29?/m0/s1. The van der Waals surface area contributed by atoms with Crippen LogP contribution < -0.4 is 10.6 Å². The number of aliphatic hydroxyl groups is 1. The molecular formula is C30H32F2N2O5. The summed E-state index contributed by atoms with van der Waals surface area (Å²) in [7, 11) is 0. The molecule has 0 saturated heterocycles. The monoisotopic (exact) mass is 538 g/mol. The first-order valence-electron chi connectivity index (χ1n) is 12.4. The maximum atomic E-state index is 15.6. The highest BCUT2D eigenvalue weighted by Gasteiger charge is 2.29. The van der Waals surface area contributed by atoms with E-state index in [0.717, 1.165) is 11.6 Å². The zero-order valence-electron chi connectivity index (χ0n) is 22.1. The van der Waals surface area contributed by atoms with Crippen molar-refractivity contribution in [2.24, 2.45) is 0 Å². The number of nitrogens with one attached hydrogen (secondary N) is 2. The molecule has 0 aromatic heterocycles. The van der Waals surface area contributed by atoms with Crippen LogP contribution in [0, 0.1) is 25.5 Å². The smallest absolute Gasteiger partial charge is 0.308 e. The maximum absolute atomic E-state index is 15.6. The number of benzene rings is 3. The van der Waals surface area contributed by atoms with Crippen LogP contribution in [0.4, 0.5) is 8.78 Å². The number of halogens is 2. The quantitative estimate of drug-likeness (QED) is 0.255. The lowest BCUT2D eigenvalue weighted by Gasteiger charge is -2.25. The highest BCUT2D eigenvalue weighted by Crippen LogP contribution is 2.36. The molecule has 0 aliphatic rings. The second-order valence-electron chi connectivity index (χ2n) is 9.05. The van der Waals surface area contributed by atoms with Gasteiger partial charge in [-0.25, -0.2) is 8.78 Å². The van der Waals surface area contributed by atoms with Gasteiger partial charge in [0.05, 0.1) is 25.7 Å².